The molecule has 0 unspecified atom stereocenters. The molecule has 1 aliphatic heterocycles. The van der Waals surface area contributed by atoms with Crippen molar-refractivity contribution in [3.63, 3.8) is 0 Å². The van der Waals surface area contributed by atoms with E-state index in [2.05, 4.69) is 59.5 Å². The van der Waals surface area contributed by atoms with Crippen molar-refractivity contribution in [1.82, 2.24) is 24.2 Å². The number of carbonyl (C=O) groups is 1. The molecule has 0 saturated heterocycles. The van der Waals surface area contributed by atoms with Crippen LogP contribution in [0.25, 0.3) is 44.1 Å². The summed E-state index contributed by atoms with van der Waals surface area (Å²) in [6, 6.07) is 14.5. The molecule has 3 aromatic heterocycles. The Balaban J connectivity index is 1.50. The van der Waals surface area contributed by atoms with Gasteiger partial charge in [-0.3, -0.25) is 9.48 Å². The summed E-state index contributed by atoms with van der Waals surface area (Å²) in [6.45, 7) is 14.5. The van der Waals surface area contributed by atoms with Crippen LogP contribution in [0.5, 0.6) is 11.5 Å². The third-order valence-corrected chi connectivity index (χ3v) is 10.5. The molecule has 0 atom stereocenters. The third kappa shape index (κ3) is 4.94. The second-order valence-electron chi connectivity index (χ2n) is 12.7. The fourth-order valence-corrected chi connectivity index (χ4v) is 7.75. The molecule has 1 amide bonds. The van der Waals surface area contributed by atoms with Gasteiger partial charge in [-0.25, -0.2) is 0 Å². The first-order valence-electron chi connectivity index (χ1n) is 16.2. The Kier molecular flexibility index (Phi) is 7.88. The van der Waals surface area contributed by atoms with E-state index in [9.17, 15) is 4.79 Å². The molecule has 0 bridgehead atoms. The molecule has 7 rings (SSSR count). The number of aryl methyl sites for hydroxylation is 6. The van der Waals surface area contributed by atoms with Crippen molar-refractivity contribution < 1.29 is 9.53 Å². The van der Waals surface area contributed by atoms with Crippen LogP contribution in [-0.2, 0) is 20.1 Å². The fourth-order valence-electron chi connectivity index (χ4n) is 7.40. The standard InChI is InChI=1S/C38H39Cl2N5O2/c1-8-15-44-24(6)37(47-26-17-20(2)34(40)21(3)18-26)27-11-10-25(19-30(27)44)32-28-12-13-29(39)33(31-22(4)42-43(7)23(31)5)35(28)45-16-9-14-41-38(46)36(32)45/h10-13,17-19H,8-9,14-16H2,1-7H3,(H,41,46). The fraction of sp³-hybridized carbons (Fsp3) is 0.316. The Morgan fingerprint density at radius 3 is 2.32 bits per heavy atom. The second kappa shape index (κ2) is 11.8. The highest BCUT2D eigenvalue weighted by atomic mass is 35.5. The van der Waals surface area contributed by atoms with E-state index in [-0.39, 0.29) is 5.91 Å². The van der Waals surface area contributed by atoms with Crippen molar-refractivity contribution in [2.24, 2.45) is 7.05 Å². The van der Waals surface area contributed by atoms with Crippen LogP contribution in [0, 0.1) is 34.6 Å². The molecule has 0 saturated carbocycles. The Morgan fingerprint density at radius 1 is 0.915 bits per heavy atom. The molecular weight excluding hydrogens is 629 g/mol. The first kappa shape index (κ1) is 31.4. The van der Waals surface area contributed by atoms with E-state index < -0.39 is 0 Å². The Hall–Kier alpha value is -4.20. The lowest BCUT2D eigenvalue weighted by Gasteiger charge is -2.12. The maximum Gasteiger partial charge on any atom is 0.268 e. The Bertz CT molecular complexity index is 2230. The lowest BCUT2D eigenvalue weighted by molar-refractivity contribution is 0.0952. The maximum absolute atomic E-state index is 13.9. The minimum absolute atomic E-state index is 0.0758. The van der Waals surface area contributed by atoms with Gasteiger partial charge in [0, 0.05) is 64.9 Å². The molecule has 9 heteroatoms. The van der Waals surface area contributed by atoms with Crippen LogP contribution in [0.4, 0.5) is 0 Å². The van der Waals surface area contributed by atoms with Crippen LogP contribution in [-0.4, -0.2) is 31.4 Å². The molecule has 47 heavy (non-hydrogen) atoms. The van der Waals surface area contributed by atoms with Gasteiger partial charge >= 0.3 is 0 Å². The average molecular weight is 669 g/mol. The monoisotopic (exact) mass is 667 g/mol. The van der Waals surface area contributed by atoms with Crippen molar-refractivity contribution in [3.8, 4) is 33.8 Å². The molecule has 0 radical (unpaired) electrons. The van der Waals surface area contributed by atoms with Crippen LogP contribution in [0.1, 0.15) is 58.5 Å². The molecule has 3 aromatic carbocycles. The topological polar surface area (TPSA) is 66.0 Å². The molecule has 242 valence electrons. The molecule has 6 aromatic rings. The van der Waals surface area contributed by atoms with Gasteiger partial charge in [-0.1, -0.05) is 42.3 Å². The summed E-state index contributed by atoms with van der Waals surface area (Å²) in [4.78, 5) is 13.9. The van der Waals surface area contributed by atoms with Crippen molar-refractivity contribution in [2.45, 2.75) is 67.5 Å². The van der Waals surface area contributed by atoms with Crippen molar-refractivity contribution in [2.75, 3.05) is 6.54 Å². The van der Waals surface area contributed by atoms with Crippen LogP contribution < -0.4 is 10.1 Å². The van der Waals surface area contributed by atoms with Crippen molar-refractivity contribution in [1.29, 1.82) is 0 Å². The smallest absolute Gasteiger partial charge is 0.268 e. The average Bonchev–Trinajstić information content (AvgIpc) is 3.53. The number of hydrogen-bond acceptors (Lipinski definition) is 3. The van der Waals surface area contributed by atoms with Gasteiger partial charge in [0.05, 0.1) is 27.4 Å². The number of fused-ring (bicyclic) bond motifs is 4. The normalized spacial score (nSPS) is 13.3. The zero-order valence-electron chi connectivity index (χ0n) is 27.9. The lowest BCUT2D eigenvalue weighted by Crippen LogP contribution is -2.23. The van der Waals surface area contributed by atoms with E-state index in [1.165, 1.54) is 0 Å². The molecule has 1 N–H and O–H groups in total. The largest absolute Gasteiger partial charge is 0.455 e. The molecule has 4 heterocycles. The minimum atomic E-state index is -0.0758. The van der Waals surface area contributed by atoms with Crippen LogP contribution >= 0.6 is 23.2 Å². The van der Waals surface area contributed by atoms with Crippen LogP contribution in [0.2, 0.25) is 10.0 Å². The molecule has 0 fully saturated rings. The van der Waals surface area contributed by atoms with E-state index in [0.717, 1.165) is 108 Å². The summed E-state index contributed by atoms with van der Waals surface area (Å²) in [6.07, 6.45) is 1.78. The van der Waals surface area contributed by atoms with Gasteiger partial charge in [0.25, 0.3) is 5.91 Å². The van der Waals surface area contributed by atoms with E-state index in [1.54, 1.807) is 0 Å². The number of carbonyl (C=O) groups excluding carboxylic acids is 1. The number of halogens is 2. The lowest BCUT2D eigenvalue weighted by atomic mass is 9.96. The van der Waals surface area contributed by atoms with Gasteiger partial charge in [0.1, 0.15) is 11.4 Å². The maximum atomic E-state index is 13.9. The van der Waals surface area contributed by atoms with Gasteiger partial charge in [-0.05, 0) is 94.5 Å². The number of nitrogens with one attached hydrogen (secondary N) is 1. The SMILES string of the molecule is CCCn1c(C)c(Oc2cc(C)c(Cl)c(C)c2)c2ccc(-c3c4n(c5c(-c6c(C)nn(C)c6C)c(Cl)ccc35)CCCNC4=O)cc21. The van der Waals surface area contributed by atoms with E-state index in [1.807, 2.05) is 50.7 Å². The summed E-state index contributed by atoms with van der Waals surface area (Å²) in [5, 5.41) is 11.3. The van der Waals surface area contributed by atoms with Crippen LogP contribution in [0.15, 0.2) is 42.5 Å². The Morgan fingerprint density at radius 2 is 1.64 bits per heavy atom. The molecule has 0 aliphatic carbocycles. The van der Waals surface area contributed by atoms with Crippen LogP contribution in [0.3, 0.4) is 0 Å². The number of benzene rings is 3. The first-order valence-corrected chi connectivity index (χ1v) is 17.0. The third-order valence-electron chi connectivity index (χ3n) is 9.62. The Labute approximate surface area is 285 Å². The van der Waals surface area contributed by atoms with Gasteiger partial charge in [0.2, 0.25) is 0 Å². The van der Waals surface area contributed by atoms with Gasteiger partial charge in [0.15, 0.2) is 5.75 Å². The zero-order valence-corrected chi connectivity index (χ0v) is 29.5. The first-order chi connectivity index (χ1) is 22.5. The highest BCUT2D eigenvalue weighted by Gasteiger charge is 2.30. The van der Waals surface area contributed by atoms with E-state index >= 15 is 0 Å². The quantitative estimate of drug-likeness (QED) is 0.192. The number of nitrogens with zero attached hydrogens (tertiary/aromatic N) is 4. The van der Waals surface area contributed by atoms with Gasteiger partial charge < -0.3 is 19.2 Å². The summed E-state index contributed by atoms with van der Waals surface area (Å²) >= 11 is 13.5. The van der Waals surface area contributed by atoms with Gasteiger partial charge in [-0.2, -0.15) is 5.10 Å². The summed E-state index contributed by atoms with van der Waals surface area (Å²) in [7, 11) is 1.95. The number of hydrogen-bond donors (Lipinski definition) is 1. The van der Waals surface area contributed by atoms with Crippen molar-refractivity contribution >= 4 is 50.9 Å². The molecule has 7 nitrogen and oxygen atoms in total. The number of amides is 1. The molecule has 1 aliphatic rings. The number of ether oxygens (including phenoxy) is 1. The highest BCUT2D eigenvalue weighted by Crippen LogP contribution is 2.46. The number of aromatic nitrogens is 4. The molecule has 0 spiro atoms. The summed E-state index contributed by atoms with van der Waals surface area (Å²) in [5.74, 6) is 1.52. The predicted molar refractivity (Wildman–Crippen MR) is 193 cm³/mol. The van der Waals surface area contributed by atoms with Gasteiger partial charge in [-0.15, -0.1) is 0 Å². The minimum Gasteiger partial charge on any atom is -0.455 e. The second-order valence-corrected chi connectivity index (χ2v) is 13.5. The summed E-state index contributed by atoms with van der Waals surface area (Å²) in [5.41, 5.74) is 11.5. The molecular formula is C38H39Cl2N5O2. The van der Waals surface area contributed by atoms with E-state index in [0.29, 0.717) is 23.8 Å². The summed E-state index contributed by atoms with van der Waals surface area (Å²) < 4.78 is 13.0. The zero-order chi connectivity index (χ0) is 33.3. The number of rotatable bonds is 6. The van der Waals surface area contributed by atoms with Crippen molar-refractivity contribution in [3.05, 3.63) is 86.4 Å². The highest BCUT2D eigenvalue weighted by molar-refractivity contribution is 6.35. The predicted octanol–water partition coefficient (Wildman–Crippen LogP) is 9.85. The van der Waals surface area contributed by atoms with E-state index in [4.69, 9.17) is 33.0 Å².